The SMILES string of the molecule is CC/C=C\C/C=C\C/C=C\C/C=C\C/C=C\C/C=C\C/C=C\CCCCCCCCCCCCCCCCCCCCCC(=O)OC(COC(=O)CCCCCCCCCCCCCC/C=C\C/C=C\C/C=C\C/C=C\CC)COP(=O)([O-])OCC[N+](C)(C)C. The van der Waals surface area contributed by atoms with E-state index in [1.807, 2.05) is 21.1 Å². The molecular formula is C80H138NO8P. The maximum absolute atomic E-state index is 12.9. The highest BCUT2D eigenvalue weighted by molar-refractivity contribution is 7.45. The molecule has 0 aliphatic heterocycles. The Balaban J connectivity index is 3.99. The molecule has 2 atom stereocenters. The molecule has 10 heteroatoms. The van der Waals surface area contributed by atoms with E-state index in [4.69, 9.17) is 18.5 Å². The van der Waals surface area contributed by atoms with Crippen molar-refractivity contribution in [1.82, 2.24) is 0 Å². The van der Waals surface area contributed by atoms with Crippen LogP contribution in [0.4, 0.5) is 0 Å². The van der Waals surface area contributed by atoms with Crippen LogP contribution in [-0.2, 0) is 32.7 Å². The van der Waals surface area contributed by atoms with Gasteiger partial charge in [0.2, 0.25) is 0 Å². The maximum atomic E-state index is 12.9. The predicted octanol–water partition coefficient (Wildman–Crippen LogP) is 23.8. The van der Waals surface area contributed by atoms with Crippen LogP contribution in [0.3, 0.4) is 0 Å². The number of ether oxygens (including phenoxy) is 2. The highest BCUT2D eigenvalue weighted by Gasteiger charge is 2.22. The number of carbonyl (C=O) groups is 2. The van der Waals surface area contributed by atoms with E-state index in [1.54, 1.807) is 0 Å². The van der Waals surface area contributed by atoms with Crippen LogP contribution >= 0.6 is 7.82 Å². The summed E-state index contributed by atoms with van der Waals surface area (Å²) in [5.41, 5.74) is 0. The first-order chi connectivity index (χ1) is 44.0. The summed E-state index contributed by atoms with van der Waals surface area (Å²) in [6.07, 6.45) is 101. The molecule has 0 rings (SSSR count). The molecule has 0 saturated carbocycles. The molecule has 2 unspecified atom stereocenters. The minimum absolute atomic E-state index is 0.0344. The molecule has 0 aromatic heterocycles. The average Bonchev–Trinajstić information content (AvgIpc) is 3.62. The Labute approximate surface area is 555 Å². The summed E-state index contributed by atoms with van der Waals surface area (Å²) in [4.78, 5) is 38.1. The lowest BCUT2D eigenvalue weighted by Crippen LogP contribution is -2.37. The van der Waals surface area contributed by atoms with Crippen molar-refractivity contribution in [3.8, 4) is 0 Å². The molecule has 0 heterocycles. The van der Waals surface area contributed by atoms with Crippen molar-refractivity contribution in [2.24, 2.45) is 0 Å². The average molecular weight is 1270 g/mol. The number of carbonyl (C=O) groups excluding carboxylic acids is 2. The summed E-state index contributed by atoms with van der Waals surface area (Å²) in [7, 11) is 1.16. The molecule has 9 nitrogen and oxygen atoms in total. The van der Waals surface area contributed by atoms with Gasteiger partial charge in [0.15, 0.2) is 6.10 Å². The number of nitrogens with zero attached hydrogens (tertiary/aromatic N) is 1. The first-order valence-electron chi connectivity index (χ1n) is 36.9. The molecule has 0 aromatic rings. The van der Waals surface area contributed by atoms with Gasteiger partial charge in [-0.15, -0.1) is 0 Å². The number of likely N-dealkylation sites (N-methyl/N-ethyl adjacent to an activating group) is 1. The second-order valence-corrected chi connectivity index (χ2v) is 27.0. The molecule has 516 valence electrons. The topological polar surface area (TPSA) is 111 Å². The van der Waals surface area contributed by atoms with Gasteiger partial charge in [-0.1, -0.05) is 321 Å². The van der Waals surface area contributed by atoms with Crippen molar-refractivity contribution in [2.75, 3.05) is 47.5 Å². The summed E-state index contributed by atoms with van der Waals surface area (Å²) in [6.45, 7) is 4.03. The molecule has 0 N–H and O–H groups in total. The van der Waals surface area contributed by atoms with Gasteiger partial charge >= 0.3 is 11.9 Å². The lowest BCUT2D eigenvalue weighted by atomic mass is 10.0. The number of phosphoric ester groups is 1. The van der Waals surface area contributed by atoms with Gasteiger partial charge in [0, 0.05) is 12.8 Å². The molecule has 0 bridgehead atoms. The van der Waals surface area contributed by atoms with E-state index in [-0.39, 0.29) is 32.0 Å². The molecule has 0 aromatic carbocycles. The zero-order valence-corrected chi connectivity index (χ0v) is 59.7. The molecule has 0 radical (unpaired) electrons. The molecule has 0 fully saturated rings. The number of unbranched alkanes of at least 4 members (excludes halogenated alkanes) is 31. The van der Waals surface area contributed by atoms with Gasteiger partial charge in [0.1, 0.15) is 19.8 Å². The van der Waals surface area contributed by atoms with E-state index in [9.17, 15) is 19.0 Å². The van der Waals surface area contributed by atoms with Crippen LogP contribution in [0.15, 0.2) is 134 Å². The van der Waals surface area contributed by atoms with Crippen LogP contribution in [0.2, 0.25) is 0 Å². The summed E-state index contributed by atoms with van der Waals surface area (Å²) < 4.78 is 34.3. The Morgan fingerprint density at radius 3 is 0.889 bits per heavy atom. The van der Waals surface area contributed by atoms with Gasteiger partial charge in [-0.05, 0) is 109 Å². The molecule has 0 spiro atoms. The second-order valence-electron chi connectivity index (χ2n) is 25.5. The Morgan fingerprint density at radius 2 is 0.600 bits per heavy atom. The highest BCUT2D eigenvalue weighted by Crippen LogP contribution is 2.38. The van der Waals surface area contributed by atoms with Crippen molar-refractivity contribution < 1.29 is 42.1 Å². The van der Waals surface area contributed by atoms with Gasteiger partial charge in [-0.3, -0.25) is 14.2 Å². The number of phosphoric acid groups is 1. The largest absolute Gasteiger partial charge is 0.756 e. The van der Waals surface area contributed by atoms with Gasteiger partial charge in [-0.25, -0.2) is 0 Å². The van der Waals surface area contributed by atoms with E-state index in [2.05, 4.69) is 148 Å². The fraction of sp³-hybridized carbons (Fsp3) is 0.700. The van der Waals surface area contributed by atoms with E-state index in [0.717, 1.165) is 109 Å². The monoisotopic (exact) mass is 1270 g/mol. The minimum Gasteiger partial charge on any atom is -0.756 e. The van der Waals surface area contributed by atoms with Crippen LogP contribution in [-0.4, -0.2) is 70.0 Å². The van der Waals surface area contributed by atoms with Crippen molar-refractivity contribution in [1.29, 1.82) is 0 Å². The second kappa shape index (κ2) is 69.5. The number of rotatable bonds is 67. The smallest absolute Gasteiger partial charge is 0.306 e. The Morgan fingerprint density at radius 1 is 0.344 bits per heavy atom. The third-order valence-corrected chi connectivity index (χ3v) is 16.6. The third kappa shape index (κ3) is 73.2. The third-order valence-electron chi connectivity index (χ3n) is 15.7. The van der Waals surface area contributed by atoms with Gasteiger partial charge in [0.25, 0.3) is 7.82 Å². The first kappa shape index (κ1) is 86.2. The molecule has 0 aliphatic carbocycles. The zero-order chi connectivity index (χ0) is 65.5. The summed E-state index contributed by atoms with van der Waals surface area (Å²) in [6, 6.07) is 0. The molecular weight excluding hydrogens is 1130 g/mol. The fourth-order valence-electron chi connectivity index (χ4n) is 10.1. The van der Waals surface area contributed by atoms with Crippen LogP contribution in [0.5, 0.6) is 0 Å². The standard InChI is InChI=1S/C80H138NO8P/c1-6-8-10-12-14-16-18-20-22-24-26-28-30-32-33-34-35-36-37-38-39-40-41-42-43-44-45-46-47-49-51-53-55-57-59-61-63-65-67-69-71-73-80(83)89-78(77-88-90(84,85)87-75-74-81(3,4)5)76-86-79(82)72-70-68-66-64-62-60-58-56-54-52-50-48-31-29-27-25-23-21-19-17-15-13-11-9-7-2/h8-11,14-17,20-23,26-29,32-33,35-36,38-39,78H,6-7,12-13,18-19,24-25,30-31,34,37,40-77H2,1-5H3/b10-8-,11-9-,16-14-,17-15-,22-20-,23-21-,28-26-,29-27-,33-32-,36-35-,39-38-. The van der Waals surface area contributed by atoms with Crippen LogP contribution < -0.4 is 4.89 Å². The molecule has 0 saturated heterocycles. The lowest BCUT2D eigenvalue weighted by molar-refractivity contribution is -0.870. The van der Waals surface area contributed by atoms with E-state index in [0.29, 0.717) is 17.4 Å². The molecule has 0 amide bonds. The van der Waals surface area contributed by atoms with Crippen LogP contribution in [0, 0.1) is 0 Å². The predicted molar refractivity (Wildman–Crippen MR) is 388 cm³/mol. The molecule has 90 heavy (non-hydrogen) atoms. The molecule has 0 aliphatic rings. The van der Waals surface area contributed by atoms with Gasteiger partial charge < -0.3 is 27.9 Å². The number of esters is 2. The minimum atomic E-state index is -4.65. The Bertz CT molecular complexity index is 1980. The number of hydrogen-bond acceptors (Lipinski definition) is 8. The maximum Gasteiger partial charge on any atom is 0.306 e. The van der Waals surface area contributed by atoms with Gasteiger partial charge in [0.05, 0.1) is 27.7 Å². The number of quaternary nitrogens is 1. The zero-order valence-electron chi connectivity index (χ0n) is 58.8. The van der Waals surface area contributed by atoms with E-state index >= 15 is 0 Å². The quantitative estimate of drug-likeness (QED) is 0.0195. The van der Waals surface area contributed by atoms with E-state index < -0.39 is 26.5 Å². The highest BCUT2D eigenvalue weighted by atomic mass is 31.2. The van der Waals surface area contributed by atoms with Crippen LogP contribution in [0.25, 0.3) is 0 Å². The normalized spacial score (nSPS) is 13.9. The summed E-state index contributed by atoms with van der Waals surface area (Å²) in [5.74, 6) is -0.830. The summed E-state index contributed by atoms with van der Waals surface area (Å²) in [5, 5.41) is 0. The van der Waals surface area contributed by atoms with Crippen LogP contribution in [0.1, 0.15) is 309 Å². The Kier molecular flexibility index (Phi) is 66.5. The van der Waals surface area contributed by atoms with E-state index in [1.165, 1.54) is 167 Å². The van der Waals surface area contributed by atoms with Crippen molar-refractivity contribution in [3.63, 3.8) is 0 Å². The van der Waals surface area contributed by atoms with Crippen molar-refractivity contribution >= 4 is 19.8 Å². The summed E-state index contributed by atoms with van der Waals surface area (Å²) >= 11 is 0. The van der Waals surface area contributed by atoms with Gasteiger partial charge in [-0.2, -0.15) is 0 Å². The lowest BCUT2D eigenvalue weighted by Gasteiger charge is -2.28. The first-order valence-corrected chi connectivity index (χ1v) is 38.4. The van der Waals surface area contributed by atoms with Crippen molar-refractivity contribution in [3.05, 3.63) is 134 Å². The fourth-order valence-corrected chi connectivity index (χ4v) is 10.8. The Hall–Kier alpha value is -3.85. The number of hydrogen-bond donors (Lipinski definition) is 0. The van der Waals surface area contributed by atoms with Crippen molar-refractivity contribution in [2.45, 2.75) is 315 Å². The number of allylic oxidation sites excluding steroid dienone is 22.